The first kappa shape index (κ1) is 28.1. The van der Waals surface area contributed by atoms with Crippen LogP contribution in [0, 0.1) is 18.3 Å². The zero-order valence-electron chi connectivity index (χ0n) is 21.3. The van der Waals surface area contributed by atoms with E-state index in [-0.39, 0.29) is 41.4 Å². The monoisotopic (exact) mass is 535 g/mol. The average molecular weight is 536 g/mol. The maximum atomic E-state index is 13.1. The molecule has 10 heteroatoms. The van der Waals surface area contributed by atoms with Crippen LogP contribution in [0.3, 0.4) is 0 Å². The molecule has 0 amide bonds. The van der Waals surface area contributed by atoms with Gasteiger partial charge in [0.25, 0.3) is 0 Å². The molecule has 0 aliphatic rings. The summed E-state index contributed by atoms with van der Waals surface area (Å²) in [7, 11) is 1.30. The fourth-order valence-electron chi connectivity index (χ4n) is 3.59. The topological polar surface area (TPSA) is 133 Å². The number of Topliss-reactive ketones (excluding diaryl/α,β-unsaturated/α-hetero) is 1. The minimum absolute atomic E-state index is 0.117. The number of rotatable bonds is 10. The van der Waals surface area contributed by atoms with E-state index in [0.29, 0.717) is 27.3 Å². The number of methoxy groups -OCH3 is 1. The molecule has 0 radical (unpaired) electrons. The van der Waals surface area contributed by atoms with Crippen LogP contribution in [0.4, 0.5) is 0 Å². The van der Waals surface area contributed by atoms with E-state index in [1.165, 1.54) is 13.2 Å². The van der Waals surface area contributed by atoms with E-state index in [1.807, 2.05) is 6.07 Å². The number of hydrogen-bond acceptors (Lipinski definition) is 10. The molecule has 0 spiro atoms. The summed E-state index contributed by atoms with van der Waals surface area (Å²) >= 11 is 0.968. The van der Waals surface area contributed by atoms with Crippen LogP contribution in [0.2, 0.25) is 0 Å². The van der Waals surface area contributed by atoms with Gasteiger partial charge in [-0.05, 0) is 50.6 Å². The summed E-state index contributed by atoms with van der Waals surface area (Å²) in [5.74, 6) is -1.54. The van der Waals surface area contributed by atoms with Crippen LogP contribution in [0.1, 0.15) is 60.4 Å². The second-order valence-corrected chi connectivity index (χ2v) is 8.94. The van der Waals surface area contributed by atoms with Gasteiger partial charge in [-0.2, -0.15) is 5.26 Å². The van der Waals surface area contributed by atoms with Crippen molar-refractivity contribution in [3.63, 3.8) is 0 Å². The lowest BCUT2D eigenvalue weighted by atomic mass is 10.0. The fraction of sp³-hybridized carbons (Fsp3) is 0.250. The molecule has 2 heterocycles. The second-order valence-electron chi connectivity index (χ2n) is 7.84. The Balaban J connectivity index is 1.87. The van der Waals surface area contributed by atoms with E-state index >= 15 is 0 Å². The summed E-state index contributed by atoms with van der Waals surface area (Å²) in [6.07, 6.45) is 1.02. The predicted molar refractivity (Wildman–Crippen MR) is 139 cm³/mol. The van der Waals surface area contributed by atoms with Gasteiger partial charge in [-0.1, -0.05) is 12.1 Å². The van der Waals surface area contributed by atoms with Crippen molar-refractivity contribution in [2.24, 2.45) is 0 Å². The first-order chi connectivity index (χ1) is 18.2. The van der Waals surface area contributed by atoms with Crippen LogP contribution < -0.4 is 0 Å². The summed E-state index contributed by atoms with van der Waals surface area (Å²) in [4.78, 5) is 50.2. The smallest absolute Gasteiger partial charge is 0.348 e. The van der Waals surface area contributed by atoms with E-state index in [1.54, 1.807) is 57.2 Å². The Bertz CT molecular complexity index is 1440. The largest absolute Gasteiger partial charge is 0.465 e. The van der Waals surface area contributed by atoms with Gasteiger partial charge in [-0.3, -0.25) is 4.79 Å². The molecule has 3 aromatic rings. The number of carbonyl (C=O) groups excluding carboxylic acids is 4. The number of nitriles is 1. The number of hydrogen-bond donors (Lipinski definition) is 0. The first-order valence-electron chi connectivity index (χ1n) is 11.6. The molecule has 2 aromatic heterocycles. The molecule has 0 N–H and O–H groups in total. The van der Waals surface area contributed by atoms with E-state index < -0.39 is 23.7 Å². The molecule has 0 aliphatic heterocycles. The lowest BCUT2D eigenvalue weighted by molar-refractivity contribution is -0.114. The van der Waals surface area contributed by atoms with Crippen LogP contribution in [-0.2, 0) is 25.4 Å². The molecule has 1 aromatic carbocycles. The lowest BCUT2D eigenvalue weighted by Gasteiger charge is -2.05. The highest BCUT2D eigenvalue weighted by Crippen LogP contribution is 2.31. The van der Waals surface area contributed by atoms with Crippen molar-refractivity contribution in [1.82, 2.24) is 0 Å². The number of ketones is 1. The first-order valence-corrected chi connectivity index (χ1v) is 12.5. The van der Waals surface area contributed by atoms with Gasteiger partial charge in [-0.25, -0.2) is 14.4 Å². The zero-order chi connectivity index (χ0) is 27.8. The molecule has 0 unspecified atom stereocenters. The standard InChI is InChI=1S/C28H25NO8S/c1-5-35-27(32)24-16(3)25(28(33)36-6-2)38-23(24)14-21(30)19(15-29)13-20-11-12-22(37-20)17-7-9-18(10-8-17)26(31)34-4/h7-13H,5-6,14H2,1-4H3/b19-13+. The number of furan rings is 1. The second kappa shape index (κ2) is 12.7. The lowest BCUT2D eigenvalue weighted by Crippen LogP contribution is -2.12. The Morgan fingerprint density at radius 3 is 2.24 bits per heavy atom. The van der Waals surface area contributed by atoms with Gasteiger partial charge in [0.15, 0.2) is 5.78 Å². The average Bonchev–Trinajstić information content (AvgIpc) is 3.51. The van der Waals surface area contributed by atoms with Gasteiger partial charge < -0.3 is 18.6 Å². The van der Waals surface area contributed by atoms with Crippen LogP contribution in [0.25, 0.3) is 17.4 Å². The summed E-state index contributed by atoms with van der Waals surface area (Å²) in [6, 6.07) is 11.7. The third kappa shape index (κ3) is 6.25. The Hall–Kier alpha value is -4.49. The number of benzene rings is 1. The fourth-order valence-corrected chi connectivity index (χ4v) is 4.78. The highest BCUT2D eigenvalue weighted by atomic mass is 32.1. The number of nitrogens with zero attached hydrogens (tertiary/aromatic N) is 1. The Morgan fingerprint density at radius 2 is 1.63 bits per heavy atom. The van der Waals surface area contributed by atoms with Gasteiger partial charge in [0.05, 0.1) is 37.0 Å². The number of esters is 3. The van der Waals surface area contributed by atoms with Gasteiger partial charge >= 0.3 is 17.9 Å². The van der Waals surface area contributed by atoms with Crippen molar-refractivity contribution in [3.8, 4) is 17.4 Å². The van der Waals surface area contributed by atoms with Gasteiger partial charge in [0.1, 0.15) is 22.5 Å². The molecule has 38 heavy (non-hydrogen) atoms. The van der Waals surface area contributed by atoms with Crippen molar-refractivity contribution in [1.29, 1.82) is 5.26 Å². The molecule has 0 saturated heterocycles. The number of carbonyl (C=O) groups is 4. The van der Waals surface area contributed by atoms with E-state index in [4.69, 9.17) is 13.9 Å². The van der Waals surface area contributed by atoms with E-state index in [0.717, 1.165) is 11.3 Å². The van der Waals surface area contributed by atoms with Crippen LogP contribution in [0.5, 0.6) is 0 Å². The summed E-state index contributed by atoms with van der Waals surface area (Å²) in [5, 5.41) is 9.66. The minimum Gasteiger partial charge on any atom is -0.465 e. The predicted octanol–water partition coefficient (Wildman–Crippen LogP) is 5.18. The molecular weight excluding hydrogens is 510 g/mol. The molecule has 0 saturated carbocycles. The summed E-state index contributed by atoms with van der Waals surface area (Å²) in [5.41, 5.74) is 1.37. The van der Waals surface area contributed by atoms with Crippen LogP contribution in [-0.4, -0.2) is 44.0 Å². The van der Waals surface area contributed by atoms with Crippen molar-refractivity contribution in [2.75, 3.05) is 20.3 Å². The minimum atomic E-state index is -0.657. The van der Waals surface area contributed by atoms with Crippen LogP contribution >= 0.6 is 11.3 Å². The highest BCUT2D eigenvalue weighted by Gasteiger charge is 2.28. The van der Waals surface area contributed by atoms with Crippen molar-refractivity contribution < 1.29 is 37.8 Å². The third-order valence-corrected chi connectivity index (χ3v) is 6.68. The number of thiophene rings is 1. The normalized spacial score (nSPS) is 11.0. The molecule has 3 rings (SSSR count). The highest BCUT2D eigenvalue weighted by molar-refractivity contribution is 7.14. The summed E-state index contributed by atoms with van der Waals surface area (Å²) in [6.45, 7) is 5.18. The maximum Gasteiger partial charge on any atom is 0.348 e. The van der Waals surface area contributed by atoms with Crippen molar-refractivity contribution in [2.45, 2.75) is 27.2 Å². The van der Waals surface area contributed by atoms with Gasteiger partial charge in [0.2, 0.25) is 0 Å². The van der Waals surface area contributed by atoms with Gasteiger partial charge in [-0.15, -0.1) is 11.3 Å². The maximum absolute atomic E-state index is 13.1. The molecule has 196 valence electrons. The number of ether oxygens (including phenoxy) is 3. The number of allylic oxidation sites excluding steroid dienone is 1. The van der Waals surface area contributed by atoms with Crippen LogP contribution in [0.15, 0.2) is 46.4 Å². The SMILES string of the molecule is CCOC(=O)c1sc(CC(=O)/C(C#N)=C/c2ccc(-c3ccc(C(=O)OC)cc3)o2)c(C(=O)OCC)c1C. The Kier molecular flexibility index (Phi) is 9.35. The third-order valence-electron chi connectivity index (χ3n) is 5.41. The van der Waals surface area contributed by atoms with Crippen molar-refractivity contribution in [3.05, 3.63) is 74.2 Å². The Morgan fingerprint density at radius 1 is 0.974 bits per heavy atom. The van der Waals surface area contributed by atoms with Gasteiger partial charge in [0, 0.05) is 22.9 Å². The molecule has 0 fully saturated rings. The molecule has 0 atom stereocenters. The Labute approximate surface area is 223 Å². The molecule has 0 aliphatic carbocycles. The zero-order valence-corrected chi connectivity index (χ0v) is 22.1. The summed E-state index contributed by atoms with van der Waals surface area (Å²) < 4.78 is 20.7. The van der Waals surface area contributed by atoms with E-state index in [2.05, 4.69) is 4.74 Å². The van der Waals surface area contributed by atoms with E-state index in [9.17, 15) is 24.4 Å². The van der Waals surface area contributed by atoms with Crippen molar-refractivity contribution >= 4 is 41.1 Å². The quantitative estimate of drug-likeness (QED) is 0.149. The molecular formula is C28H25NO8S. The molecule has 9 nitrogen and oxygen atoms in total. The molecule has 0 bridgehead atoms.